The van der Waals surface area contributed by atoms with Gasteiger partial charge in [-0.1, -0.05) is 13.8 Å². The number of nitrogen functional groups attached to an aromatic ring is 1. The van der Waals surface area contributed by atoms with Crippen LogP contribution in [0.2, 0.25) is 0 Å². The van der Waals surface area contributed by atoms with Crippen LogP contribution >= 0.6 is 11.8 Å². The summed E-state index contributed by atoms with van der Waals surface area (Å²) in [5.41, 5.74) is 7.26. The van der Waals surface area contributed by atoms with Crippen molar-refractivity contribution >= 4 is 23.5 Å². The number of hydrogen-bond acceptors (Lipinski definition) is 4. The Hall–Kier alpha value is -1.23. The Morgan fingerprint density at radius 3 is 2.58 bits per heavy atom. The molecule has 1 aromatic heterocycles. The number of pyridine rings is 1. The lowest BCUT2D eigenvalue weighted by Gasteiger charge is -2.24. The van der Waals surface area contributed by atoms with E-state index < -0.39 is 0 Å². The standard InChI is InChI=1S/C14H23N3OS/c1-9(2)12-6-11(7-13(15)16-12)14(18)17(4)10(3)8-19-5/h6-7,9-10H,8H2,1-5H3,(H2,15,16). The topological polar surface area (TPSA) is 59.2 Å². The second-order valence-electron chi connectivity index (χ2n) is 5.08. The number of aromatic nitrogens is 1. The largest absolute Gasteiger partial charge is 0.384 e. The Morgan fingerprint density at radius 1 is 1.42 bits per heavy atom. The number of thioether (sulfide) groups is 1. The Morgan fingerprint density at radius 2 is 2.05 bits per heavy atom. The van der Waals surface area contributed by atoms with Crippen molar-refractivity contribution in [1.82, 2.24) is 9.88 Å². The van der Waals surface area contributed by atoms with Crippen molar-refractivity contribution in [1.29, 1.82) is 0 Å². The van der Waals surface area contributed by atoms with E-state index in [1.54, 1.807) is 22.7 Å². The van der Waals surface area contributed by atoms with Crippen molar-refractivity contribution in [3.8, 4) is 0 Å². The minimum Gasteiger partial charge on any atom is -0.384 e. The Bertz CT molecular complexity index is 448. The van der Waals surface area contributed by atoms with Gasteiger partial charge in [0.1, 0.15) is 5.82 Å². The molecule has 0 bridgehead atoms. The smallest absolute Gasteiger partial charge is 0.254 e. The van der Waals surface area contributed by atoms with E-state index in [9.17, 15) is 4.79 Å². The summed E-state index contributed by atoms with van der Waals surface area (Å²) in [6.07, 6.45) is 2.04. The Labute approximate surface area is 119 Å². The van der Waals surface area contributed by atoms with Crippen LogP contribution in [0.25, 0.3) is 0 Å². The molecule has 1 aromatic rings. The van der Waals surface area contributed by atoms with Crippen LogP contribution in [0.1, 0.15) is 42.7 Å². The van der Waals surface area contributed by atoms with Crippen molar-refractivity contribution in [2.75, 3.05) is 24.8 Å². The summed E-state index contributed by atoms with van der Waals surface area (Å²) in [7, 11) is 1.83. The monoisotopic (exact) mass is 281 g/mol. The molecule has 0 aliphatic rings. The number of carbonyl (C=O) groups excluding carboxylic acids is 1. The minimum absolute atomic E-state index is 0.00227. The van der Waals surface area contributed by atoms with E-state index in [0.29, 0.717) is 11.4 Å². The minimum atomic E-state index is -0.00227. The zero-order valence-electron chi connectivity index (χ0n) is 12.3. The average Bonchev–Trinajstić information content (AvgIpc) is 2.36. The van der Waals surface area contributed by atoms with Crippen LogP contribution in [0.5, 0.6) is 0 Å². The van der Waals surface area contributed by atoms with Crippen LogP contribution in [0.15, 0.2) is 12.1 Å². The van der Waals surface area contributed by atoms with E-state index in [-0.39, 0.29) is 17.9 Å². The van der Waals surface area contributed by atoms with Crippen molar-refractivity contribution in [3.05, 3.63) is 23.4 Å². The van der Waals surface area contributed by atoms with Gasteiger partial charge < -0.3 is 10.6 Å². The first-order valence-electron chi connectivity index (χ1n) is 6.40. The highest BCUT2D eigenvalue weighted by molar-refractivity contribution is 7.98. The van der Waals surface area contributed by atoms with Crippen LogP contribution in [0.4, 0.5) is 5.82 Å². The van der Waals surface area contributed by atoms with Gasteiger partial charge in [-0.05, 0) is 31.2 Å². The van der Waals surface area contributed by atoms with Gasteiger partial charge in [0, 0.05) is 30.1 Å². The van der Waals surface area contributed by atoms with Crippen LogP contribution < -0.4 is 5.73 Å². The summed E-state index contributed by atoms with van der Waals surface area (Å²) >= 11 is 1.73. The average molecular weight is 281 g/mol. The molecule has 19 heavy (non-hydrogen) atoms. The first-order valence-corrected chi connectivity index (χ1v) is 7.79. The van der Waals surface area contributed by atoms with Gasteiger partial charge >= 0.3 is 0 Å². The molecule has 5 heteroatoms. The van der Waals surface area contributed by atoms with Gasteiger partial charge in [0.25, 0.3) is 5.91 Å². The van der Waals surface area contributed by atoms with E-state index in [4.69, 9.17) is 5.73 Å². The van der Waals surface area contributed by atoms with Crippen LogP contribution in [0.3, 0.4) is 0 Å². The molecule has 0 aliphatic heterocycles. The SMILES string of the molecule is CSCC(C)N(C)C(=O)c1cc(N)nc(C(C)C)c1. The summed E-state index contributed by atoms with van der Waals surface area (Å²) in [6.45, 7) is 6.12. The molecular weight excluding hydrogens is 258 g/mol. The summed E-state index contributed by atoms with van der Waals surface area (Å²) in [5.74, 6) is 1.57. The maximum absolute atomic E-state index is 12.4. The lowest BCUT2D eigenvalue weighted by atomic mass is 10.1. The zero-order chi connectivity index (χ0) is 14.6. The lowest BCUT2D eigenvalue weighted by Crippen LogP contribution is -2.36. The van der Waals surface area contributed by atoms with E-state index in [1.165, 1.54) is 0 Å². The molecule has 2 N–H and O–H groups in total. The fourth-order valence-corrected chi connectivity index (χ4v) is 2.46. The van der Waals surface area contributed by atoms with Crippen molar-refractivity contribution in [3.63, 3.8) is 0 Å². The summed E-state index contributed by atoms with van der Waals surface area (Å²) in [5, 5.41) is 0. The van der Waals surface area contributed by atoms with Gasteiger partial charge in [0.2, 0.25) is 0 Å². The number of carbonyl (C=O) groups is 1. The normalized spacial score (nSPS) is 12.5. The molecule has 0 aliphatic carbocycles. The van der Waals surface area contributed by atoms with Crippen LogP contribution in [-0.2, 0) is 0 Å². The van der Waals surface area contributed by atoms with Crippen molar-refractivity contribution < 1.29 is 4.79 Å². The second kappa shape index (κ2) is 6.80. The molecule has 0 fully saturated rings. The maximum atomic E-state index is 12.4. The molecular formula is C14H23N3OS. The summed E-state index contributed by atoms with van der Waals surface area (Å²) in [6, 6.07) is 3.68. The van der Waals surface area contributed by atoms with Crippen molar-refractivity contribution in [2.24, 2.45) is 0 Å². The fourth-order valence-electron chi connectivity index (χ4n) is 1.75. The number of rotatable bonds is 5. The van der Waals surface area contributed by atoms with Gasteiger partial charge in [0.05, 0.1) is 0 Å². The first kappa shape index (κ1) is 15.8. The Kier molecular flexibility index (Phi) is 5.66. The van der Waals surface area contributed by atoms with Crippen molar-refractivity contribution in [2.45, 2.75) is 32.7 Å². The maximum Gasteiger partial charge on any atom is 0.254 e. The fraction of sp³-hybridized carbons (Fsp3) is 0.571. The zero-order valence-corrected chi connectivity index (χ0v) is 13.1. The second-order valence-corrected chi connectivity index (χ2v) is 5.99. The van der Waals surface area contributed by atoms with Crippen LogP contribution in [0, 0.1) is 0 Å². The van der Waals surface area contributed by atoms with Gasteiger partial charge in [-0.3, -0.25) is 4.79 Å². The number of nitrogens with two attached hydrogens (primary N) is 1. The number of nitrogens with zero attached hydrogens (tertiary/aromatic N) is 2. The predicted molar refractivity (Wildman–Crippen MR) is 82.7 cm³/mol. The lowest BCUT2D eigenvalue weighted by molar-refractivity contribution is 0.0757. The molecule has 106 valence electrons. The molecule has 1 atom stereocenters. The van der Waals surface area contributed by atoms with E-state index in [2.05, 4.69) is 4.98 Å². The highest BCUT2D eigenvalue weighted by Crippen LogP contribution is 2.18. The van der Waals surface area contributed by atoms with Gasteiger partial charge in [-0.15, -0.1) is 0 Å². The molecule has 0 saturated carbocycles. The van der Waals surface area contributed by atoms with Gasteiger partial charge in [0.15, 0.2) is 0 Å². The number of hydrogen-bond donors (Lipinski definition) is 1. The quantitative estimate of drug-likeness (QED) is 0.901. The third kappa shape index (κ3) is 4.13. The molecule has 1 rings (SSSR count). The number of amides is 1. The van der Waals surface area contributed by atoms with Crippen LogP contribution in [-0.4, -0.2) is 40.9 Å². The number of anilines is 1. The van der Waals surface area contributed by atoms with E-state index >= 15 is 0 Å². The Balaban J connectivity index is 2.99. The summed E-state index contributed by atoms with van der Waals surface area (Å²) in [4.78, 5) is 18.4. The molecule has 0 radical (unpaired) electrons. The highest BCUT2D eigenvalue weighted by atomic mass is 32.2. The third-order valence-electron chi connectivity index (χ3n) is 3.09. The molecule has 0 aromatic carbocycles. The molecule has 0 spiro atoms. The van der Waals surface area contributed by atoms with Gasteiger partial charge in [-0.2, -0.15) is 11.8 Å². The molecule has 1 heterocycles. The van der Waals surface area contributed by atoms with Gasteiger partial charge in [-0.25, -0.2) is 4.98 Å². The molecule has 0 saturated heterocycles. The van der Waals surface area contributed by atoms with E-state index in [0.717, 1.165) is 11.4 Å². The predicted octanol–water partition coefficient (Wildman–Crippen LogP) is 2.61. The van der Waals surface area contributed by atoms with E-state index in [1.807, 2.05) is 40.1 Å². The molecule has 4 nitrogen and oxygen atoms in total. The third-order valence-corrected chi connectivity index (χ3v) is 3.91. The molecule has 1 unspecified atom stereocenters. The first-order chi connectivity index (χ1) is 8.86. The highest BCUT2D eigenvalue weighted by Gasteiger charge is 2.18. The summed E-state index contributed by atoms with van der Waals surface area (Å²) < 4.78 is 0. The molecule has 1 amide bonds.